The van der Waals surface area contributed by atoms with Crippen molar-refractivity contribution in [3.8, 4) is 16.9 Å². The highest BCUT2D eigenvalue weighted by atomic mass is 79.9. The van der Waals surface area contributed by atoms with E-state index in [1.54, 1.807) is 36.4 Å². The predicted octanol–water partition coefficient (Wildman–Crippen LogP) is 4.44. The number of aromatic amines is 1. The van der Waals surface area contributed by atoms with Gasteiger partial charge in [-0.05, 0) is 40.2 Å². The molecule has 0 saturated heterocycles. The van der Waals surface area contributed by atoms with Crippen molar-refractivity contribution in [2.24, 2.45) is 7.05 Å². The van der Waals surface area contributed by atoms with Gasteiger partial charge in [0.05, 0.1) is 39.4 Å². The largest absolute Gasteiger partial charge is 0.416 e. The molecule has 156 valence electrons. The second kappa shape index (κ2) is 6.77. The summed E-state index contributed by atoms with van der Waals surface area (Å²) < 4.78 is 42.9. The number of nitrogens with zero attached hydrogens (tertiary/aromatic N) is 5. The van der Waals surface area contributed by atoms with Gasteiger partial charge in [-0.15, -0.1) is 0 Å². The highest BCUT2D eigenvalue weighted by molar-refractivity contribution is 9.10. The average Bonchev–Trinajstić information content (AvgIpc) is 3.27. The minimum atomic E-state index is -4.53. The van der Waals surface area contributed by atoms with Crippen LogP contribution in [-0.2, 0) is 13.2 Å². The quantitative estimate of drug-likeness (QED) is 0.398. The van der Waals surface area contributed by atoms with Crippen LogP contribution >= 0.6 is 15.9 Å². The molecule has 0 atom stereocenters. The molecule has 0 aliphatic heterocycles. The molecule has 5 aromatic rings. The molecule has 1 N–H and O–H groups in total. The van der Waals surface area contributed by atoms with E-state index >= 15 is 0 Å². The highest BCUT2D eigenvalue weighted by Crippen LogP contribution is 2.32. The Morgan fingerprint density at radius 3 is 2.68 bits per heavy atom. The molecule has 4 aromatic heterocycles. The Morgan fingerprint density at radius 1 is 1.13 bits per heavy atom. The van der Waals surface area contributed by atoms with Crippen LogP contribution in [0.3, 0.4) is 0 Å². The number of nitrogens with one attached hydrogen (secondary N) is 1. The van der Waals surface area contributed by atoms with Crippen LogP contribution in [0.1, 0.15) is 5.56 Å². The highest BCUT2D eigenvalue weighted by Gasteiger charge is 2.31. The molecule has 0 unspecified atom stereocenters. The number of H-pyrrole nitrogens is 1. The Labute approximate surface area is 180 Å². The second-order valence-electron chi connectivity index (χ2n) is 6.91. The van der Waals surface area contributed by atoms with E-state index in [-0.39, 0.29) is 11.1 Å². The van der Waals surface area contributed by atoms with Crippen molar-refractivity contribution in [3.63, 3.8) is 0 Å². The molecule has 0 spiro atoms. The lowest BCUT2D eigenvalue weighted by molar-refractivity contribution is -0.137. The zero-order chi connectivity index (χ0) is 21.9. The summed E-state index contributed by atoms with van der Waals surface area (Å²) in [5, 5.41) is 7.97. The molecule has 0 saturated carbocycles. The standard InChI is InChI=1S/C20H12BrF3N6O/c1-29-18-14(9-26-29)17-15(16(27-18)10-5-12(21)8-25-7-10)19(31)30(28-17)13-4-2-3-11(6-13)20(22,23)24/h2-9,28H,1H3. The number of benzene rings is 1. The van der Waals surface area contributed by atoms with E-state index in [1.807, 2.05) is 0 Å². The summed E-state index contributed by atoms with van der Waals surface area (Å²) in [4.78, 5) is 22.1. The van der Waals surface area contributed by atoms with Gasteiger partial charge >= 0.3 is 6.18 Å². The molecule has 5 rings (SSSR count). The number of halogens is 4. The molecular weight excluding hydrogens is 477 g/mol. The lowest BCUT2D eigenvalue weighted by atomic mass is 10.1. The Balaban J connectivity index is 1.87. The van der Waals surface area contributed by atoms with Crippen LogP contribution in [0.2, 0.25) is 0 Å². The number of fused-ring (bicyclic) bond motifs is 3. The van der Waals surface area contributed by atoms with Gasteiger partial charge < -0.3 is 0 Å². The lowest BCUT2D eigenvalue weighted by Gasteiger charge is -2.08. The van der Waals surface area contributed by atoms with E-state index in [4.69, 9.17) is 0 Å². The van der Waals surface area contributed by atoms with Crippen LogP contribution in [0, 0.1) is 0 Å². The lowest BCUT2D eigenvalue weighted by Crippen LogP contribution is -2.16. The maximum Gasteiger partial charge on any atom is 0.416 e. The SMILES string of the molecule is Cn1ncc2c3[nH]n(-c4cccc(C(F)(F)F)c4)c(=O)c3c(-c3cncc(Br)c3)nc21. The molecule has 0 aliphatic rings. The molecule has 0 bridgehead atoms. The number of aromatic nitrogens is 6. The van der Waals surface area contributed by atoms with Gasteiger partial charge in [0.15, 0.2) is 5.65 Å². The fraction of sp³-hybridized carbons (Fsp3) is 0.100. The molecule has 0 radical (unpaired) electrons. The predicted molar refractivity (Wildman–Crippen MR) is 112 cm³/mol. The number of hydrogen-bond donors (Lipinski definition) is 1. The van der Waals surface area contributed by atoms with Crippen molar-refractivity contribution < 1.29 is 13.2 Å². The number of alkyl halides is 3. The van der Waals surface area contributed by atoms with E-state index in [0.29, 0.717) is 32.3 Å². The average molecular weight is 489 g/mol. The zero-order valence-corrected chi connectivity index (χ0v) is 17.4. The first kappa shape index (κ1) is 19.5. The first-order valence-corrected chi connectivity index (χ1v) is 9.78. The molecule has 4 heterocycles. The summed E-state index contributed by atoms with van der Waals surface area (Å²) in [6.45, 7) is 0. The van der Waals surface area contributed by atoms with Crippen LogP contribution in [0.4, 0.5) is 13.2 Å². The van der Waals surface area contributed by atoms with Crippen molar-refractivity contribution in [3.05, 3.63) is 69.3 Å². The summed E-state index contributed by atoms with van der Waals surface area (Å²) in [7, 11) is 1.71. The van der Waals surface area contributed by atoms with Gasteiger partial charge in [0.1, 0.15) is 0 Å². The molecule has 1 aromatic carbocycles. The molecule has 0 amide bonds. The molecular formula is C20H12BrF3N6O. The van der Waals surface area contributed by atoms with Crippen LogP contribution < -0.4 is 5.56 Å². The van der Waals surface area contributed by atoms with Crippen LogP contribution in [-0.4, -0.2) is 29.5 Å². The van der Waals surface area contributed by atoms with Crippen LogP contribution in [0.25, 0.3) is 38.9 Å². The van der Waals surface area contributed by atoms with Gasteiger partial charge in [0.25, 0.3) is 5.56 Å². The minimum absolute atomic E-state index is 0.0615. The van der Waals surface area contributed by atoms with Gasteiger partial charge in [-0.1, -0.05) is 6.07 Å². The fourth-order valence-corrected chi connectivity index (χ4v) is 3.87. The molecule has 11 heteroatoms. The van der Waals surface area contributed by atoms with Gasteiger partial charge in [-0.2, -0.15) is 18.3 Å². The maximum absolute atomic E-state index is 13.4. The summed E-state index contributed by atoms with van der Waals surface area (Å²) in [5.41, 5.74) is 0.558. The number of aryl methyl sites for hydroxylation is 1. The van der Waals surface area contributed by atoms with Crippen molar-refractivity contribution in [1.82, 2.24) is 29.5 Å². The van der Waals surface area contributed by atoms with Crippen molar-refractivity contribution in [2.45, 2.75) is 6.18 Å². The molecule has 31 heavy (non-hydrogen) atoms. The fourth-order valence-electron chi connectivity index (χ4n) is 3.51. The third-order valence-corrected chi connectivity index (χ3v) is 5.37. The first-order valence-electron chi connectivity index (χ1n) is 8.99. The monoisotopic (exact) mass is 488 g/mol. The number of hydrogen-bond acceptors (Lipinski definition) is 4. The summed E-state index contributed by atoms with van der Waals surface area (Å²) in [6.07, 6.45) is 0.189. The van der Waals surface area contributed by atoms with Gasteiger partial charge in [0.2, 0.25) is 0 Å². The second-order valence-corrected chi connectivity index (χ2v) is 7.82. The maximum atomic E-state index is 13.4. The van der Waals surface area contributed by atoms with Gasteiger partial charge in [-0.25, -0.2) is 9.67 Å². The smallest absolute Gasteiger partial charge is 0.289 e. The van der Waals surface area contributed by atoms with Crippen molar-refractivity contribution >= 4 is 37.9 Å². The minimum Gasteiger partial charge on any atom is -0.289 e. The van der Waals surface area contributed by atoms with Gasteiger partial charge in [0, 0.05) is 29.5 Å². The first-order chi connectivity index (χ1) is 14.7. The molecule has 7 nitrogen and oxygen atoms in total. The normalized spacial score (nSPS) is 12.2. The van der Waals surface area contributed by atoms with E-state index in [1.165, 1.54) is 12.1 Å². The molecule has 0 aliphatic carbocycles. The Bertz CT molecular complexity index is 1530. The van der Waals surface area contributed by atoms with Gasteiger partial charge in [-0.3, -0.25) is 19.6 Å². The Hall–Kier alpha value is -3.47. The molecule has 0 fully saturated rings. The summed E-state index contributed by atoms with van der Waals surface area (Å²) in [5.74, 6) is 0. The third kappa shape index (κ3) is 3.12. The van der Waals surface area contributed by atoms with E-state index < -0.39 is 17.3 Å². The van der Waals surface area contributed by atoms with Crippen molar-refractivity contribution in [1.29, 1.82) is 0 Å². The Kier molecular flexibility index (Phi) is 4.26. The third-order valence-electron chi connectivity index (χ3n) is 4.93. The topological polar surface area (TPSA) is 81.4 Å². The van der Waals surface area contributed by atoms with E-state index in [9.17, 15) is 18.0 Å². The Morgan fingerprint density at radius 2 is 1.94 bits per heavy atom. The summed E-state index contributed by atoms with van der Waals surface area (Å²) >= 11 is 3.36. The van der Waals surface area contributed by atoms with E-state index in [0.717, 1.165) is 16.8 Å². The zero-order valence-electron chi connectivity index (χ0n) is 15.8. The van der Waals surface area contributed by atoms with E-state index in [2.05, 4.69) is 36.1 Å². The van der Waals surface area contributed by atoms with Crippen LogP contribution in [0.5, 0.6) is 0 Å². The summed E-state index contributed by atoms with van der Waals surface area (Å²) in [6, 6.07) is 6.33. The van der Waals surface area contributed by atoms with Crippen molar-refractivity contribution in [2.75, 3.05) is 0 Å². The number of pyridine rings is 2. The van der Waals surface area contributed by atoms with Crippen LogP contribution in [0.15, 0.2) is 58.2 Å². The number of rotatable bonds is 2.